The molecule has 1 saturated heterocycles. The standard InChI is InChI=1S/C17H25N5O2.HI/c1-12(14-7-5-4-6-8-14)13(2)21-16(18-3)19-9-10-22-15(23)11-20-17(22)24;/h4-8,12-13H,9-11H2,1-3H3,(H,20,24)(H2,18,19,21);1H. The molecule has 0 saturated carbocycles. The second-order valence-corrected chi connectivity index (χ2v) is 5.84. The molecule has 25 heavy (non-hydrogen) atoms. The Morgan fingerprint density at radius 1 is 1.28 bits per heavy atom. The van der Waals surface area contributed by atoms with Crippen LogP contribution in [-0.2, 0) is 4.79 Å². The highest BCUT2D eigenvalue weighted by Crippen LogP contribution is 2.18. The van der Waals surface area contributed by atoms with E-state index in [4.69, 9.17) is 0 Å². The predicted octanol–water partition coefficient (Wildman–Crippen LogP) is 1.51. The van der Waals surface area contributed by atoms with Gasteiger partial charge in [-0.25, -0.2) is 4.79 Å². The molecule has 138 valence electrons. The van der Waals surface area contributed by atoms with Gasteiger partial charge in [0.15, 0.2) is 5.96 Å². The molecule has 1 heterocycles. The summed E-state index contributed by atoms with van der Waals surface area (Å²) in [6.45, 7) is 5.10. The van der Waals surface area contributed by atoms with Crippen molar-refractivity contribution in [2.24, 2.45) is 4.99 Å². The fourth-order valence-corrected chi connectivity index (χ4v) is 2.55. The van der Waals surface area contributed by atoms with Crippen molar-refractivity contribution in [1.29, 1.82) is 0 Å². The average molecular weight is 459 g/mol. The highest BCUT2D eigenvalue weighted by molar-refractivity contribution is 14.0. The molecule has 0 spiro atoms. The zero-order valence-corrected chi connectivity index (χ0v) is 17.1. The molecule has 2 unspecified atom stereocenters. The van der Waals surface area contributed by atoms with Crippen LogP contribution in [0.25, 0.3) is 0 Å². The van der Waals surface area contributed by atoms with Crippen LogP contribution >= 0.6 is 24.0 Å². The van der Waals surface area contributed by atoms with E-state index in [9.17, 15) is 9.59 Å². The molecular formula is C17H26IN5O2. The van der Waals surface area contributed by atoms with E-state index in [2.05, 4.69) is 46.9 Å². The first-order valence-electron chi connectivity index (χ1n) is 8.13. The van der Waals surface area contributed by atoms with Gasteiger partial charge in [-0.05, 0) is 12.5 Å². The van der Waals surface area contributed by atoms with Gasteiger partial charge < -0.3 is 16.0 Å². The van der Waals surface area contributed by atoms with Crippen LogP contribution in [0.5, 0.6) is 0 Å². The molecule has 1 aliphatic rings. The average Bonchev–Trinajstić information content (AvgIpc) is 2.92. The lowest BCUT2D eigenvalue weighted by atomic mass is 9.94. The lowest BCUT2D eigenvalue weighted by Crippen LogP contribution is -2.47. The number of benzene rings is 1. The number of nitrogens with zero attached hydrogens (tertiary/aromatic N) is 2. The number of hydrogen-bond donors (Lipinski definition) is 3. The number of guanidine groups is 1. The van der Waals surface area contributed by atoms with E-state index in [1.165, 1.54) is 10.5 Å². The highest BCUT2D eigenvalue weighted by atomic mass is 127. The van der Waals surface area contributed by atoms with E-state index >= 15 is 0 Å². The number of amides is 3. The van der Waals surface area contributed by atoms with Crippen LogP contribution in [0.4, 0.5) is 4.79 Å². The van der Waals surface area contributed by atoms with Gasteiger partial charge in [-0.3, -0.25) is 14.7 Å². The maximum Gasteiger partial charge on any atom is 0.324 e. The Hall–Kier alpha value is -1.84. The van der Waals surface area contributed by atoms with Crippen LogP contribution in [0.15, 0.2) is 35.3 Å². The lowest BCUT2D eigenvalue weighted by molar-refractivity contribution is -0.124. The van der Waals surface area contributed by atoms with Gasteiger partial charge in [0.05, 0.1) is 6.54 Å². The number of carbonyl (C=O) groups is 2. The molecule has 8 heteroatoms. The minimum Gasteiger partial charge on any atom is -0.355 e. The van der Waals surface area contributed by atoms with Crippen LogP contribution in [0.3, 0.4) is 0 Å². The molecule has 0 aromatic heterocycles. The van der Waals surface area contributed by atoms with Gasteiger partial charge in [-0.2, -0.15) is 0 Å². The third-order valence-electron chi connectivity index (χ3n) is 4.23. The van der Waals surface area contributed by atoms with Crippen LogP contribution in [-0.4, -0.2) is 55.5 Å². The molecule has 1 aromatic rings. The summed E-state index contributed by atoms with van der Waals surface area (Å²) in [5.74, 6) is 0.767. The monoisotopic (exact) mass is 459 g/mol. The molecule has 1 aliphatic heterocycles. The van der Waals surface area contributed by atoms with Gasteiger partial charge in [0, 0.05) is 32.1 Å². The van der Waals surface area contributed by atoms with Crippen molar-refractivity contribution in [3.63, 3.8) is 0 Å². The van der Waals surface area contributed by atoms with Crippen molar-refractivity contribution in [3.05, 3.63) is 35.9 Å². The molecule has 0 aliphatic carbocycles. The Kier molecular flexibility index (Phi) is 8.67. The van der Waals surface area contributed by atoms with Crippen LogP contribution < -0.4 is 16.0 Å². The number of imide groups is 1. The fourth-order valence-electron chi connectivity index (χ4n) is 2.55. The van der Waals surface area contributed by atoms with E-state index in [0.717, 1.165) is 0 Å². The molecule has 1 fully saturated rings. The molecule has 0 radical (unpaired) electrons. The number of urea groups is 1. The lowest BCUT2D eigenvalue weighted by Gasteiger charge is -2.24. The third kappa shape index (κ3) is 5.87. The van der Waals surface area contributed by atoms with Gasteiger partial charge in [0.25, 0.3) is 0 Å². The SMILES string of the molecule is CN=C(NCCN1C(=O)CNC1=O)NC(C)C(C)c1ccccc1.I. The smallest absolute Gasteiger partial charge is 0.324 e. The first-order valence-corrected chi connectivity index (χ1v) is 8.13. The topological polar surface area (TPSA) is 85.8 Å². The quantitative estimate of drug-likeness (QED) is 0.261. The van der Waals surface area contributed by atoms with E-state index in [0.29, 0.717) is 25.0 Å². The van der Waals surface area contributed by atoms with E-state index in [1.807, 2.05) is 18.2 Å². The van der Waals surface area contributed by atoms with Crippen molar-refractivity contribution in [3.8, 4) is 0 Å². The molecule has 0 bridgehead atoms. The minimum atomic E-state index is -0.337. The number of hydrogen-bond acceptors (Lipinski definition) is 3. The largest absolute Gasteiger partial charge is 0.355 e. The van der Waals surface area contributed by atoms with Gasteiger partial charge in [0.1, 0.15) is 0 Å². The first kappa shape index (κ1) is 21.2. The van der Waals surface area contributed by atoms with Crippen molar-refractivity contribution >= 4 is 41.9 Å². The number of halogens is 1. The van der Waals surface area contributed by atoms with E-state index in [-0.39, 0.29) is 48.5 Å². The van der Waals surface area contributed by atoms with Crippen molar-refractivity contribution in [1.82, 2.24) is 20.9 Å². The zero-order chi connectivity index (χ0) is 17.5. The summed E-state index contributed by atoms with van der Waals surface area (Å²) in [7, 11) is 1.70. The maximum atomic E-state index is 11.5. The summed E-state index contributed by atoms with van der Waals surface area (Å²) in [6.07, 6.45) is 0. The van der Waals surface area contributed by atoms with Gasteiger partial charge >= 0.3 is 6.03 Å². The Labute approximate surface area is 165 Å². The molecule has 7 nitrogen and oxygen atoms in total. The molecular weight excluding hydrogens is 433 g/mol. The summed E-state index contributed by atoms with van der Waals surface area (Å²) in [4.78, 5) is 28.4. The Morgan fingerprint density at radius 3 is 2.52 bits per heavy atom. The van der Waals surface area contributed by atoms with E-state index < -0.39 is 0 Å². The predicted molar refractivity (Wildman–Crippen MR) is 109 cm³/mol. The summed E-state index contributed by atoms with van der Waals surface area (Å²) < 4.78 is 0. The summed E-state index contributed by atoms with van der Waals surface area (Å²) in [6, 6.07) is 10.1. The first-order chi connectivity index (χ1) is 11.5. The zero-order valence-electron chi connectivity index (χ0n) is 14.8. The Bertz CT molecular complexity index is 592. The maximum absolute atomic E-state index is 11.5. The normalized spacial score (nSPS) is 16.8. The number of aliphatic imine (C=N–C) groups is 1. The van der Waals surface area contributed by atoms with Crippen molar-refractivity contribution < 1.29 is 9.59 Å². The molecule has 3 amide bonds. The van der Waals surface area contributed by atoms with Gasteiger partial charge in [0.2, 0.25) is 5.91 Å². The number of rotatable bonds is 6. The fraction of sp³-hybridized carbons (Fsp3) is 0.471. The van der Waals surface area contributed by atoms with Gasteiger partial charge in [-0.15, -0.1) is 24.0 Å². The van der Waals surface area contributed by atoms with E-state index in [1.54, 1.807) is 7.05 Å². The molecule has 2 rings (SSSR count). The number of carbonyl (C=O) groups excluding carboxylic acids is 2. The van der Waals surface area contributed by atoms with Crippen molar-refractivity contribution in [2.45, 2.75) is 25.8 Å². The second kappa shape index (κ2) is 10.2. The van der Waals surface area contributed by atoms with Crippen LogP contribution in [0, 0.1) is 0 Å². The summed E-state index contributed by atoms with van der Waals surface area (Å²) in [5, 5.41) is 8.99. The highest BCUT2D eigenvalue weighted by Gasteiger charge is 2.27. The van der Waals surface area contributed by atoms with Gasteiger partial charge in [-0.1, -0.05) is 37.3 Å². The summed E-state index contributed by atoms with van der Waals surface area (Å²) in [5.41, 5.74) is 1.26. The number of nitrogens with one attached hydrogen (secondary N) is 3. The molecule has 2 atom stereocenters. The second-order valence-electron chi connectivity index (χ2n) is 5.84. The Balaban J connectivity index is 0.00000312. The third-order valence-corrected chi connectivity index (χ3v) is 4.23. The molecule has 1 aromatic carbocycles. The minimum absolute atomic E-state index is 0. The summed E-state index contributed by atoms with van der Waals surface area (Å²) >= 11 is 0. The van der Waals surface area contributed by atoms with Crippen LogP contribution in [0.1, 0.15) is 25.3 Å². The Morgan fingerprint density at radius 2 is 1.96 bits per heavy atom. The van der Waals surface area contributed by atoms with Crippen molar-refractivity contribution in [2.75, 3.05) is 26.7 Å². The molecule has 3 N–H and O–H groups in total. The van der Waals surface area contributed by atoms with Crippen LogP contribution in [0.2, 0.25) is 0 Å².